The van der Waals surface area contributed by atoms with Crippen LogP contribution in [0.25, 0.3) is 0 Å². The van der Waals surface area contributed by atoms with Crippen molar-refractivity contribution in [2.24, 2.45) is 0 Å². The molecular weight excluding hydrogens is 256 g/mol. The second-order valence-corrected chi connectivity index (χ2v) is 3.52. The molecule has 1 atom stereocenters. The fourth-order valence-corrected chi connectivity index (χ4v) is 1.11. The van der Waals surface area contributed by atoms with Gasteiger partial charge in [0.1, 0.15) is 0 Å². The van der Waals surface area contributed by atoms with Gasteiger partial charge in [-0.2, -0.15) is 8.78 Å². The number of methoxy groups -OCH3 is 1. The van der Waals surface area contributed by atoms with Gasteiger partial charge in [0.2, 0.25) is 17.4 Å². The smallest absolute Gasteiger partial charge is 0.314 e. The summed E-state index contributed by atoms with van der Waals surface area (Å²) in [5.74, 6) is -9.25. The second kappa shape index (κ2) is 5.81. The SMILES string of the molecule is COC(C)CC(=O)Oc1c(F)c(F)cc(F)c1F. The number of carbonyl (C=O) groups is 1. The van der Waals surface area contributed by atoms with E-state index in [0.29, 0.717) is 0 Å². The molecule has 1 unspecified atom stereocenters. The van der Waals surface area contributed by atoms with Crippen LogP contribution in [-0.4, -0.2) is 19.2 Å². The minimum absolute atomic E-state index is 0.0276. The van der Waals surface area contributed by atoms with E-state index in [1.54, 1.807) is 0 Å². The molecule has 1 aromatic rings. The number of ether oxygens (including phenoxy) is 2. The summed E-state index contributed by atoms with van der Waals surface area (Å²) in [6.45, 7) is 1.51. The van der Waals surface area contributed by atoms with Crippen molar-refractivity contribution in [2.45, 2.75) is 19.4 Å². The molecule has 0 aromatic heterocycles. The minimum atomic E-state index is -1.76. The number of halogens is 4. The summed E-state index contributed by atoms with van der Waals surface area (Å²) in [6, 6.07) is 0.0276. The molecule has 0 spiro atoms. The minimum Gasteiger partial charge on any atom is -0.420 e. The predicted octanol–water partition coefficient (Wildman–Crippen LogP) is 2.57. The fraction of sp³-hybridized carbons (Fsp3) is 0.364. The third kappa shape index (κ3) is 3.19. The van der Waals surface area contributed by atoms with Crippen molar-refractivity contribution in [3.63, 3.8) is 0 Å². The molecule has 1 aromatic carbocycles. The summed E-state index contributed by atoms with van der Waals surface area (Å²) in [5.41, 5.74) is 0. The molecule has 0 amide bonds. The van der Waals surface area contributed by atoms with E-state index in [2.05, 4.69) is 4.74 Å². The van der Waals surface area contributed by atoms with E-state index in [1.165, 1.54) is 14.0 Å². The Bertz CT molecular complexity index is 436. The van der Waals surface area contributed by atoms with Crippen LogP contribution in [0.3, 0.4) is 0 Å². The van der Waals surface area contributed by atoms with Gasteiger partial charge in [0.05, 0.1) is 12.5 Å². The molecule has 0 fully saturated rings. The Morgan fingerprint density at radius 1 is 1.22 bits per heavy atom. The van der Waals surface area contributed by atoms with Crippen LogP contribution in [0, 0.1) is 23.3 Å². The first-order valence-electron chi connectivity index (χ1n) is 4.93. The van der Waals surface area contributed by atoms with Crippen molar-refractivity contribution in [3.05, 3.63) is 29.3 Å². The van der Waals surface area contributed by atoms with Crippen molar-refractivity contribution in [1.82, 2.24) is 0 Å². The highest BCUT2D eigenvalue weighted by atomic mass is 19.2. The van der Waals surface area contributed by atoms with Crippen molar-refractivity contribution >= 4 is 5.97 Å². The first-order valence-corrected chi connectivity index (χ1v) is 4.93. The molecule has 0 heterocycles. The highest BCUT2D eigenvalue weighted by Crippen LogP contribution is 2.26. The summed E-state index contributed by atoms with van der Waals surface area (Å²) in [7, 11) is 1.32. The normalized spacial score (nSPS) is 12.3. The molecule has 0 radical (unpaired) electrons. The molecule has 0 aliphatic rings. The molecule has 0 saturated carbocycles. The summed E-state index contributed by atoms with van der Waals surface area (Å²) < 4.78 is 60.9. The van der Waals surface area contributed by atoms with Crippen molar-refractivity contribution in [3.8, 4) is 5.75 Å². The van der Waals surface area contributed by atoms with E-state index < -0.39 is 41.1 Å². The van der Waals surface area contributed by atoms with E-state index >= 15 is 0 Å². The number of rotatable bonds is 4. The molecule has 1 rings (SSSR count). The maximum atomic E-state index is 13.1. The van der Waals surface area contributed by atoms with Crippen LogP contribution in [0.1, 0.15) is 13.3 Å². The zero-order valence-corrected chi connectivity index (χ0v) is 9.60. The van der Waals surface area contributed by atoms with Crippen LogP contribution in [0.15, 0.2) is 6.07 Å². The number of hydrogen-bond acceptors (Lipinski definition) is 3. The topological polar surface area (TPSA) is 35.5 Å². The third-order valence-electron chi connectivity index (χ3n) is 2.14. The average Bonchev–Trinajstić information content (AvgIpc) is 2.32. The molecule has 0 saturated heterocycles. The van der Waals surface area contributed by atoms with Gasteiger partial charge >= 0.3 is 5.97 Å². The monoisotopic (exact) mass is 266 g/mol. The number of esters is 1. The Labute approximate surface area is 100 Å². The fourth-order valence-electron chi connectivity index (χ4n) is 1.11. The third-order valence-corrected chi connectivity index (χ3v) is 2.14. The molecule has 18 heavy (non-hydrogen) atoms. The summed E-state index contributed by atoms with van der Waals surface area (Å²) in [5, 5.41) is 0. The number of benzene rings is 1. The van der Waals surface area contributed by atoms with Crippen LogP contribution in [-0.2, 0) is 9.53 Å². The quantitative estimate of drug-likeness (QED) is 0.363. The van der Waals surface area contributed by atoms with Crippen LogP contribution < -0.4 is 4.74 Å². The molecular formula is C11H10F4O3. The Morgan fingerprint density at radius 3 is 2.17 bits per heavy atom. The Morgan fingerprint density at radius 2 is 1.72 bits per heavy atom. The molecule has 7 heteroatoms. The first kappa shape index (κ1) is 14.4. The standard InChI is InChI=1S/C11H10F4O3/c1-5(17-2)3-8(16)18-11-9(14)6(12)4-7(13)10(11)15/h4-5H,3H2,1-2H3. The second-order valence-electron chi connectivity index (χ2n) is 3.52. The van der Waals surface area contributed by atoms with Crippen LogP contribution in [0.5, 0.6) is 5.75 Å². The highest BCUT2D eigenvalue weighted by molar-refractivity contribution is 5.73. The van der Waals surface area contributed by atoms with Crippen molar-refractivity contribution in [2.75, 3.05) is 7.11 Å². The van der Waals surface area contributed by atoms with E-state index in [1.807, 2.05) is 0 Å². The van der Waals surface area contributed by atoms with Gasteiger partial charge in [-0.05, 0) is 6.92 Å². The lowest BCUT2D eigenvalue weighted by Crippen LogP contribution is -2.18. The molecule has 0 bridgehead atoms. The van der Waals surface area contributed by atoms with E-state index in [-0.39, 0.29) is 12.5 Å². The molecule has 0 N–H and O–H groups in total. The van der Waals surface area contributed by atoms with Crippen LogP contribution in [0.2, 0.25) is 0 Å². The van der Waals surface area contributed by atoms with Gasteiger partial charge in [-0.15, -0.1) is 0 Å². The van der Waals surface area contributed by atoms with Gasteiger partial charge in [0, 0.05) is 13.2 Å². The Hall–Kier alpha value is -1.63. The predicted molar refractivity (Wildman–Crippen MR) is 53.0 cm³/mol. The van der Waals surface area contributed by atoms with Crippen LogP contribution in [0.4, 0.5) is 17.6 Å². The lowest BCUT2D eigenvalue weighted by atomic mass is 10.2. The van der Waals surface area contributed by atoms with Crippen LogP contribution >= 0.6 is 0 Å². The van der Waals surface area contributed by atoms with Crippen molar-refractivity contribution < 1.29 is 31.8 Å². The maximum absolute atomic E-state index is 13.1. The summed E-state index contributed by atoms with van der Waals surface area (Å²) >= 11 is 0. The Balaban J connectivity index is 2.94. The lowest BCUT2D eigenvalue weighted by Gasteiger charge is -2.10. The molecule has 3 nitrogen and oxygen atoms in total. The highest BCUT2D eigenvalue weighted by Gasteiger charge is 2.23. The number of carbonyl (C=O) groups excluding carboxylic acids is 1. The van der Waals surface area contributed by atoms with Gasteiger partial charge in [-0.1, -0.05) is 0 Å². The largest absolute Gasteiger partial charge is 0.420 e. The summed E-state index contributed by atoms with van der Waals surface area (Å²) in [6.07, 6.45) is -0.866. The molecule has 0 aliphatic heterocycles. The average molecular weight is 266 g/mol. The molecule has 0 aliphatic carbocycles. The zero-order chi connectivity index (χ0) is 13.9. The van der Waals surface area contributed by atoms with E-state index in [0.717, 1.165) is 0 Å². The zero-order valence-electron chi connectivity index (χ0n) is 9.60. The Kier molecular flexibility index (Phi) is 4.66. The van der Waals surface area contributed by atoms with Gasteiger partial charge in [-0.3, -0.25) is 4.79 Å². The van der Waals surface area contributed by atoms with Gasteiger partial charge in [-0.25, -0.2) is 8.78 Å². The van der Waals surface area contributed by atoms with Crippen molar-refractivity contribution in [1.29, 1.82) is 0 Å². The lowest BCUT2D eigenvalue weighted by molar-refractivity contribution is -0.137. The van der Waals surface area contributed by atoms with Gasteiger partial charge in [0.25, 0.3) is 0 Å². The number of hydrogen-bond donors (Lipinski definition) is 0. The summed E-state index contributed by atoms with van der Waals surface area (Å²) in [4.78, 5) is 11.2. The molecule has 100 valence electrons. The van der Waals surface area contributed by atoms with Gasteiger partial charge in [0.15, 0.2) is 11.6 Å². The van der Waals surface area contributed by atoms with E-state index in [4.69, 9.17) is 4.74 Å². The van der Waals surface area contributed by atoms with Gasteiger partial charge < -0.3 is 9.47 Å². The van der Waals surface area contributed by atoms with E-state index in [9.17, 15) is 22.4 Å². The maximum Gasteiger partial charge on any atom is 0.314 e. The first-order chi connectivity index (χ1) is 8.36.